The number of benzene rings is 1. The highest BCUT2D eigenvalue weighted by Gasteiger charge is 2.18. The van der Waals surface area contributed by atoms with E-state index >= 15 is 0 Å². The Bertz CT molecular complexity index is 488. The van der Waals surface area contributed by atoms with Crippen LogP contribution in [0.25, 0.3) is 0 Å². The van der Waals surface area contributed by atoms with E-state index in [1.165, 1.54) is 19.4 Å². The van der Waals surface area contributed by atoms with Crippen LogP contribution in [0.3, 0.4) is 0 Å². The summed E-state index contributed by atoms with van der Waals surface area (Å²) in [5.74, 6) is 0.871. The number of nitrogens with one attached hydrogen (secondary N) is 1. The number of nitrogens with zero attached hydrogens (tertiary/aromatic N) is 1. The third kappa shape index (κ3) is 4.46. The molecule has 1 saturated heterocycles. The molecule has 0 aliphatic carbocycles. The molecule has 2 rings (SSSR count). The fourth-order valence-corrected chi connectivity index (χ4v) is 2.96. The molecule has 1 atom stereocenters. The van der Waals surface area contributed by atoms with Crippen molar-refractivity contribution in [1.29, 1.82) is 0 Å². The largest absolute Gasteiger partial charge is 0.508 e. The van der Waals surface area contributed by atoms with E-state index in [2.05, 4.69) is 17.1 Å². The van der Waals surface area contributed by atoms with Crippen molar-refractivity contribution >= 4 is 5.91 Å². The summed E-state index contributed by atoms with van der Waals surface area (Å²) >= 11 is 0. The van der Waals surface area contributed by atoms with E-state index in [0.29, 0.717) is 11.5 Å². The van der Waals surface area contributed by atoms with Crippen LogP contribution in [0.1, 0.15) is 42.1 Å². The molecule has 21 heavy (non-hydrogen) atoms. The number of aromatic hydroxyl groups is 1. The summed E-state index contributed by atoms with van der Waals surface area (Å²) in [6.07, 6.45) is 3.58. The lowest BCUT2D eigenvalue weighted by Gasteiger charge is -2.31. The van der Waals surface area contributed by atoms with Gasteiger partial charge in [0.1, 0.15) is 5.75 Å². The molecule has 1 heterocycles. The van der Waals surface area contributed by atoms with Crippen LogP contribution >= 0.6 is 0 Å². The monoisotopic (exact) mass is 290 g/mol. The fraction of sp³-hybridized carbons (Fsp3) is 0.588. The quantitative estimate of drug-likeness (QED) is 0.876. The number of hydrogen-bond acceptors (Lipinski definition) is 3. The van der Waals surface area contributed by atoms with Crippen molar-refractivity contribution < 1.29 is 9.90 Å². The molecule has 0 aromatic heterocycles. The van der Waals surface area contributed by atoms with Crippen LogP contribution < -0.4 is 5.32 Å². The van der Waals surface area contributed by atoms with Crippen LogP contribution in [-0.4, -0.2) is 42.1 Å². The first-order valence-electron chi connectivity index (χ1n) is 7.90. The third-order valence-corrected chi connectivity index (χ3v) is 4.35. The standard InChI is InChI=1S/C17H26N2O2/c1-3-19-10-4-5-14(12-19)8-9-18-17(21)15-6-7-16(20)13(2)11-15/h6-7,11,14,20H,3-5,8-10,12H2,1-2H3,(H,18,21)/t14-/m0/s1. The molecule has 1 aromatic carbocycles. The normalized spacial score (nSPS) is 19.4. The molecular formula is C17H26N2O2. The maximum Gasteiger partial charge on any atom is 0.251 e. The van der Waals surface area contributed by atoms with Gasteiger partial charge in [0, 0.05) is 18.7 Å². The van der Waals surface area contributed by atoms with Crippen molar-refractivity contribution in [1.82, 2.24) is 10.2 Å². The molecule has 4 heteroatoms. The predicted molar refractivity (Wildman–Crippen MR) is 84.6 cm³/mol. The van der Waals surface area contributed by atoms with Gasteiger partial charge in [0.05, 0.1) is 0 Å². The van der Waals surface area contributed by atoms with E-state index in [1.54, 1.807) is 25.1 Å². The Hall–Kier alpha value is -1.55. The number of phenols is 1. The van der Waals surface area contributed by atoms with Crippen molar-refractivity contribution in [3.05, 3.63) is 29.3 Å². The smallest absolute Gasteiger partial charge is 0.251 e. The lowest BCUT2D eigenvalue weighted by Crippen LogP contribution is -2.36. The molecule has 4 nitrogen and oxygen atoms in total. The van der Waals surface area contributed by atoms with Crippen molar-refractivity contribution in [2.24, 2.45) is 5.92 Å². The molecule has 0 unspecified atom stereocenters. The van der Waals surface area contributed by atoms with Gasteiger partial charge in [-0.3, -0.25) is 4.79 Å². The van der Waals surface area contributed by atoms with Crippen LogP contribution in [0.5, 0.6) is 5.75 Å². The molecule has 1 aromatic rings. The topological polar surface area (TPSA) is 52.6 Å². The number of aryl methyl sites for hydroxylation is 1. The number of carbonyl (C=O) groups is 1. The SMILES string of the molecule is CCN1CCC[C@@H](CCNC(=O)c2ccc(O)c(C)c2)C1. The van der Waals surface area contributed by atoms with Gasteiger partial charge in [0.2, 0.25) is 0 Å². The Balaban J connectivity index is 1.77. The van der Waals surface area contributed by atoms with E-state index in [9.17, 15) is 9.90 Å². The Labute approximate surface area is 127 Å². The molecule has 0 bridgehead atoms. The lowest BCUT2D eigenvalue weighted by molar-refractivity contribution is 0.0947. The zero-order chi connectivity index (χ0) is 15.2. The van der Waals surface area contributed by atoms with Crippen molar-refractivity contribution in [3.63, 3.8) is 0 Å². The molecule has 0 radical (unpaired) electrons. The van der Waals surface area contributed by atoms with E-state index in [1.807, 2.05) is 0 Å². The first kappa shape index (κ1) is 15.8. The number of carbonyl (C=O) groups excluding carboxylic acids is 1. The van der Waals surface area contributed by atoms with Gasteiger partial charge in [-0.2, -0.15) is 0 Å². The number of piperidine rings is 1. The molecular weight excluding hydrogens is 264 g/mol. The maximum absolute atomic E-state index is 12.1. The van der Waals surface area contributed by atoms with Gasteiger partial charge in [-0.15, -0.1) is 0 Å². The number of amides is 1. The first-order chi connectivity index (χ1) is 10.1. The maximum atomic E-state index is 12.1. The molecule has 116 valence electrons. The highest BCUT2D eigenvalue weighted by molar-refractivity contribution is 5.94. The Morgan fingerprint density at radius 3 is 3.00 bits per heavy atom. The van der Waals surface area contributed by atoms with Gasteiger partial charge in [-0.05, 0) is 69.0 Å². The van der Waals surface area contributed by atoms with E-state index < -0.39 is 0 Å². The number of hydrogen-bond donors (Lipinski definition) is 2. The molecule has 1 fully saturated rings. The minimum absolute atomic E-state index is 0.0544. The molecule has 0 spiro atoms. The second-order valence-electron chi connectivity index (χ2n) is 5.95. The lowest BCUT2D eigenvalue weighted by atomic mass is 9.95. The fourth-order valence-electron chi connectivity index (χ4n) is 2.96. The molecule has 0 saturated carbocycles. The van der Waals surface area contributed by atoms with Crippen molar-refractivity contribution in [2.45, 2.75) is 33.1 Å². The molecule has 1 aliphatic heterocycles. The Morgan fingerprint density at radius 2 is 2.29 bits per heavy atom. The Kier molecular flexibility index (Phi) is 5.62. The van der Waals surface area contributed by atoms with E-state index in [0.717, 1.165) is 31.6 Å². The highest BCUT2D eigenvalue weighted by Crippen LogP contribution is 2.19. The predicted octanol–water partition coefficient (Wildman–Crippen LogP) is 2.55. The molecule has 1 aliphatic rings. The summed E-state index contributed by atoms with van der Waals surface area (Å²) < 4.78 is 0. The van der Waals surface area contributed by atoms with Gasteiger partial charge >= 0.3 is 0 Å². The van der Waals surface area contributed by atoms with Crippen LogP contribution in [0, 0.1) is 12.8 Å². The number of likely N-dealkylation sites (tertiary alicyclic amines) is 1. The van der Waals surface area contributed by atoms with Gasteiger partial charge in [-0.1, -0.05) is 6.92 Å². The number of rotatable bonds is 5. The minimum atomic E-state index is -0.0544. The first-order valence-corrected chi connectivity index (χ1v) is 7.90. The van der Waals surface area contributed by atoms with Gasteiger partial charge in [0.25, 0.3) is 5.91 Å². The van der Waals surface area contributed by atoms with Crippen LogP contribution in [-0.2, 0) is 0 Å². The summed E-state index contributed by atoms with van der Waals surface area (Å²) in [7, 11) is 0. The summed E-state index contributed by atoms with van der Waals surface area (Å²) in [6, 6.07) is 4.96. The summed E-state index contributed by atoms with van der Waals surface area (Å²) in [6.45, 7) is 8.22. The summed E-state index contributed by atoms with van der Waals surface area (Å²) in [5.41, 5.74) is 1.35. The minimum Gasteiger partial charge on any atom is -0.508 e. The summed E-state index contributed by atoms with van der Waals surface area (Å²) in [5, 5.41) is 12.5. The Morgan fingerprint density at radius 1 is 1.48 bits per heavy atom. The van der Waals surface area contributed by atoms with Crippen molar-refractivity contribution in [2.75, 3.05) is 26.2 Å². The third-order valence-electron chi connectivity index (χ3n) is 4.35. The number of phenolic OH excluding ortho intramolecular Hbond substituents is 1. The van der Waals surface area contributed by atoms with E-state index in [-0.39, 0.29) is 11.7 Å². The zero-order valence-electron chi connectivity index (χ0n) is 13.1. The average molecular weight is 290 g/mol. The van der Waals surface area contributed by atoms with Gasteiger partial charge in [-0.25, -0.2) is 0 Å². The second-order valence-corrected chi connectivity index (χ2v) is 5.95. The zero-order valence-corrected chi connectivity index (χ0v) is 13.1. The van der Waals surface area contributed by atoms with Gasteiger partial charge < -0.3 is 15.3 Å². The molecule has 2 N–H and O–H groups in total. The highest BCUT2D eigenvalue weighted by atomic mass is 16.3. The summed E-state index contributed by atoms with van der Waals surface area (Å²) in [4.78, 5) is 14.6. The van der Waals surface area contributed by atoms with Gasteiger partial charge in [0.15, 0.2) is 0 Å². The van der Waals surface area contributed by atoms with Crippen LogP contribution in [0.15, 0.2) is 18.2 Å². The van der Waals surface area contributed by atoms with Crippen LogP contribution in [0.4, 0.5) is 0 Å². The second kappa shape index (κ2) is 7.46. The van der Waals surface area contributed by atoms with Crippen molar-refractivity contribution in [3.8, 4) is 5.75 Å². The van der Waals surface area contributed by atoms with Crippen LogP contribution in [0.2, 0.25) is 0 Å². The van der Waals surface area contributed by atoms with E-state index in [4.69, 9.17) is 0 Å². The molecule has 1 amide bonds. The average Bonchev–Trinajstić information content (AvgIpc) is 2.50.